The van der Waals surface area contributed by atoms with E-state index in [-0.39, 0.29) is 12.3 Å². The highest BCUT2D eigenvalue weighted by Crippen LogP contribution is 2.38. The van der Waals surface area contributed by atoms with Gasteiger partial charge in [-0.2, -0.15) is 0 Å². The standard InChI is InChI=1S/C21H16FNO4/c22-15-6-7-16-17(10-15)23-21(26)20(16)18-9-14(11-27-18)13-4-1-12(2-5-13)3-8-19(24)25/h1-2,4-7,9-10H,3,8,11H2,(H,23,26)(H,24,25)/b20-18-. The third kappa shape index (κ3) is 3.33. The number of nitrogens with one attached hydrogen (secondary N) is 1. The molecule has 2 aromatic rings. The first-order valence-corrected chi connectivity index (χ1v) is 8.51. The lowest BCUT2D eigenvalue weighted by molar-refractivity contribution is -0.137. The van der Waals surface area contributed by atoms with Crippen LogP contribution in [-0.4, -0.2) is 23.6 Å². The van der Waals surface area contributed by atoms with E-state index in [9.17, 15) is 14.0 Å². The van der Waals surface area contributed by atoms with Gasteiger partial charge < -0.3 is 15.2 Å². The Labute approximate surface area is 154 Å². The average molecular weight is 365 g/mol. The first kappa shape index (κ1) is 17.0. The van der Waals surface area contributed by atoms with E-state index in [0.717, 1.165) is 16.7 Å². The van der Waals surface area contributed by atoms with Crippen LogP contribution < -0.4 is 5.32 Å². The third-order valence-electron chi connectivity index (χ3n) is 4.61. The third-order valence-corrected chi connectivity index (χ3v) is 4.61. The van der Waals surface area contributed by atoms with Crippen molar-refractivity contribution in [1.82, 2.24) is 0 Å². The maximum Gasteiger partial charge on any atom is 0.303 e. The molecule has 1 amide bonds. The molecule has 6 heteroatoms. The molecular weight excluding hydrogens is 349 g/mol. The number of carboxylic acid groups (broad SMARTS) is 1. The monoisotopic (exact) mass is 365 g/mol. The zero-order chi connectivity index (χ0) is 19.0. The maximum absolute atomic E-state index is 13.4. The number of ether oxygens (including phenoxy) is 1. The van der Waals surface area contributed by atoms with Crippen LogP contribution in [0.2, 0.25) is 0 Å². The molecule has 2 N–H and O–H groups in total. The number of aryl methyl sites for hydroxylation is 1. The molecule has 2 aliphatic rings. The van der Waals surface area contributed by atoms with Gasteiger partial charge in [-0.1, -0.05) is 24.3 Å². The lowest BCUT2D eigenvalue weighted by Gasteiger charge is -2.04. The zero-order valence-electron chi connectivity index (χ0n) is 14.3. The number of benzene rings is 2. The highest BCUT2D eigenvalue weighted by molar-refractivity contribution is 6.32. The smallest absolute Gasteiger partial charge is 0.303 e. The predicted molar refractivity (Wildman–Crippen MR) is 98.3 cm³/mol. The Bertz CT molecular complexity index is 1010. The normalized spacial score (nSPS) is 18.0. The van der Waals surface area contributed by atoms with E-state index in [2.05, 4.69) is 5.32 Å². The van der Waals surface area contributed by atoms with E-state index in [1.165, 1.54) is 12.1 Å². The van der Waals surface area contributed by atoms with Crippen LogP contribution in [0.1, 0.15) is 23.1 Å². The summed E-state index contributed by atoms with van der Waals surface area (Å²) < 4.78 is 19.1. The summed E-state index contributed by atoms with van der Waals surface area (Å²) in [5.74, 6) is -1.08. The number of hydrogen-bond acceptors (Lipinski definition) is 3. The summed E-state index contributed by atoms with van der Waals surface area (Å²) in [5.41, 5.74) is 4.28. The first-order valence-electron chi connectivity index (χ1n) is 8.51. The van der Waals surface area contributed by atoms with Crippen molar-refractivity contribution in [2.24, 2.45) is 0 Å². The summed E-state index contributed by atoms with van der Waals surface area (Å²) in [5, 5.41) is 11.4. The Hall–Kier alpha value is -3.41. The van der Waals surface area contributed by atoms with Crippen LogP contribution in [0.15, 0.2) is 54.3 Å². The SMILES string of the molecule is O=C(O)CCc1ccc(C2=C/C(=C3/C(=O)Nc4cc(F)ccc43)OC2)cc1. The minimum atomic E-state index is -0.822. The van der Waals surface area contributed by atoms with Crippen LogP contribution in [-0.2, 0) is 20.7 Å². The van der Waals surface area contributed by atoms with Gasteiger partial charge in [-0.15, -0.1) is 0 Å². The van der Waals surface area contributed by atoms with Gasteiger partial charge in [0.2, 0.25) is 0 Å². The van der Waals surface area contributed by atoms with Crippen molar-refractivity contribution in [2.75, 3.05) is 11.9 Å². The topological polar surface area (TPSA) is 75.6 Å². The quantitative estimate of drug-likeness (QED) is 0.812. The number of halogens is 1. The van der Waals surface area contributed by atoms with Crippen LogP contribution >= 0.6 is 0 Å². The van der Waals surface area contributed by atoms with Crippen molar-refractivity contribution < 1.29 is 23.8 Å². The van der Waals surface area contributed by atoms with Gasteiger partial charge in [0.1, 0.15) is 18.2 Å². The predicted octanol–water partition coefficient (Wildman–Crippen LogP) is 3.62. The molecule has 0 bridgehead atoms. The van der Waals surface area contributed by atoms with Gasteiger partial charge >= 0.3 is 5.97 Å². The van der Waals surface area contributed by atoms with Gasteiger partial charge in [0, 0.05) is 17.6 Å². The number of rotatable bonds is 4. The van der Waals surface area contributed by atoms with E-state index in [1.54, 1.807) is 6.07 Å². The molecule has 27 heavy (non-hydrogen) atoms. The number of aliphatic carboxylic acids is 1. The number of carboxylic acids is 1. The van der Waals surface area contributed by atoms with Gasteiger partial charge in [0.05, 0.1) is 11.3 Å². The minimum absolute atomic E-state index is 0.0938. The van der Waals surface area contributed by atoms with Gasteiger partial charge in [0.25, 0.3) is 5.91 Å². The van der Waals surface area contributed by atoms with E-state index >= 15 is 0 Å². The Balaban J connectivity index is 1.61. The lowest BCUT2D eigenvalue weighted by atomic mass is 10.0. The molecule has 2 aliphatic heterocycles. The van der Waals surface area contributed by atoms with Crippen LogP contribution in [0.4, 0.5) is 10.1 Å². The summed E-state index contributed by atoms with van der Waals surface area (Å²) >= 11 is 0. The highest BCUT2D eigenvalue weighted by atomic mass is 19.1. The summed E-state index contributed by atoms with van der Waals surface area (Å²) in [6, 6.07) is 11.8. The van der Waals surface area contributed by atoms with Crippen molar-refractivity contribution in [2.45, 2.75) is 12.8 Å². The fourth-order valence-corrected chi connectivity index (χ4v) is 3.23. The van der Waals surface area contributed by atoms with E-state index in [1.807, 2.05) is 30.3 Å². The summed E-state index contributed by atoms with van der Waals surface area (Å²) in [4.78, 5) is 23.0. The molecule has 0 unspecified atom stereocenters. The molecule has 2 heterocycles. The number of allylic oxidation sites excluding steroid dienone is 1. The molecule has 0 aliphatic carbocycles. The zero-order valence-corrected chi connectivity index (χ0v) is 14.3. The average Bonchev–Trinajstić information content (AvgIpc) is 3.23. The van der Waals surface area contributed by atoms with Crippen molar-refractivity contribution >= 4 is 28.7 Å². The molecule has 0 atom stereocenters. The summed E-state index contributed by atoms with van der Waals surface area (Å²) in [7, 11) is 0. The number of carbonyl (C=O) groups is 2. The van der Waals surface area contributed by atoms with Crippen molar-refractivity contribution in [3.05, 3.63) is 76.8 Å². The second kappa shape index (κ2) is 6.72. The Morgan fingerprint density at radius 3 is 2.70 bits per heavy atom. The number of amides is 1. The Morgan fingerprint density at radius 1 is 1.19 bits per heavy atom. The van der Waals surface area contributed by atoms with Crippen LogP contribution in [0, 0.1) is 5.82 Å². The second-order valence-corrected chi connectivity index (χ2v) is 6.43. The van der Waals surface area contributed by atoms with Crippen LogP contribution in [0.5, 0.6) is 0 Å². The Kier molecular flexibility index (Phi) is 4.24. The molecule has 5 nitrogen and oxygen atoms in total. The maximum atomic E-state index is 13.4. The molecule has 0 aromatic heterocycles. The van der Waals surface area contributed by atoms with Crippen molar-refractivity contribution in [3.8, 4) is 0 Å². The number of carbonyl (C=O) groups excluding carboxylic acids is 1. The number of fused-ring (bicyclic) bond motifs is 1. The molecular formula is C21H16FNO4. The minimum Gasteiger partial charge on any atom is -0.488 e. The molecule has 0 fully saturated rings. The van der Waals surface area contributed by atoms with E-state index in [4.69, 9.17) is 9.84 Å². The fraction of sp³-hybridized carbons (Fsp3) is 0.143. The molecule has 0 radical (unpaired) electrons. The largest absolute Gasteiger partial charge is 0.488 e. The molecule has 0 saturated carbocycles. The van der Waals surface area contributed by atoms with E-state index in [0.29, 0.717) is 35.6 Å². The molecule has 0 saturated heterocycles. The van der Waals surface area contributed by atoms with Gasteiger partial charge in [0.15, 0.2) is 0 Å². The fourth-order valence-electron chi connectivity index (χ4n) is 3.23. The molecule has 0 spiro atoms. The highest BCUT2D eigenvalue weighted by Gasteiger charge is 2.30. The van der Waals surface area contributed by atoms with E-state index < -0.39 is 11.8 Å². The van der Waals surface area contributed by atoms with Gasteiger partial charge in [-0.3, -0.25) is 9.59 Å². The Morgan fingerprint density at radius 2 is 1.96 bits per heavy atom. The van der Waals surface area contributed by atoms with Crippen LogP contribution in [0.25, 0.3) is 11.1 Å². The summed E-state index contributed by atoms with van der Waals surface area (Å²) in [6.07, 6.45) is 2.39. The number of hydrogen-bond donors (Lipinski definition) is 2. The molecule has 2 aromatic carbocycles. The van der Waals surface area contributed by atoms with Crippen molar-refractivity contribution in [3.63, 3.8) is 0 Å². The first-order chi connectivity index (χ1) is 13.0. The van der Waals surface area contributed by atoms with Gasteiger partial charge in [-0.25, -0.2) is 4.39 Å². The second-order valence-electron chi connectivity index (χ2n) is 6.43. The van der Waals surface area contributed by atoms with Crippen molar-refractivity contribution in [1.29, 1.82) is 0 Å². The molecule has 4 rings (SSSR count). The number of anilines is 1. The van der Waals surface area contributed by atoms with Gasteiger partial charge in [-0.05, 0) is 41.8 Å². The molecule has 136 valence electrons. The lowest BCUT2D eigenvalue weighted by Crippen LogP contribution is -2.05. The van der Waals surface area contributed by atoms with Crippen LogP contribution in [0.3, 0.4) is 0 Å². The summed E-state index contributed by atoms with van der Waals surface area (Å²) in [6.45, 7) is 0.330.